The van der Waals surface area contributed by atoms with E-state index in [4.69, 9.17) is 14.2 Å². The van der Waals surface area contributed by atoms with Crippen molar-refractivity contribution in [1.82, 2.24) is 0 Å². The van der Waals surface area contributed by atoms with Crippen molar-refractivity contribution in [3.63, 3.8) is 0 Å². The molecule has 0 radical (unpaired) electrons. The van der Waals surface area contributed by atoms with Crippen molar-refractivity contribution in [2.75, 3.05) is 41.0 Å². The molecule has 0 saturated heterocycles. The number of carboxylic acid groups (broad SMARTS) is 1. The highest BCUT2D eigenvalue weighted by atomic mass is 16.6. The van der Waals surface area contributed by atoms with Gasteiger partial charge in [-0.25, -0.2) is 4.79 Å². The molecule has 0 aromatic rings. The summed E-state index contributed by atoms with van der Waals surface area (Å²) in [6, 6.07) is -0.630. The number of ether oxygens (including phenoxy) is 3. The van der Waals surface area contributed by atoms with Gasteiger partial charge >= 0.3 is 17.9 Å². The van der Waals surface area contributed by atoms with E-state index in [2.05, 4.69) is 123 Å². The molecule has 0 spiro atoms. The van der Waals surface area contributed by atoms with Gasteiger partial charge in [0, 0.05) is 19.3 Å². The van der Waals surface area contributed by atoms with Gasteiger partial charge in [-0.05, 0) is 96.3 Å². The molecule has 356 valence electrons. The molecule has 0 aliphatic carbocycles. The van der Waals surface area contributed by atoms with Gasteiger partial charge < -0.3 is 23.8 Å². The molecule has 8 nitrogen and oxygen atoms in total. The Hall–Kier alpha value is -4.01. The minimum absolute atomic E-state index is 0.0371. The molecule has 63 heavy (non-hydrogen) atoms. The third kappa shape index (κ3) is 43.0. The van der Waals surface area contributed by atoms with Crippen molar-refractivity contribution in [3.05, 3.63) is 109 Å². The molecule has 0 aromatic carbocycles. The second kappa shape index (κ2) is 44.6. The number of carboxylic acids is 1. The average molecular weight is 877 g/mol. The number of hydrogen-bond donors (Lipinski definition) is 1. The predicted octanol–water partition coefficient (Wildman–Crippen LogP) is 14.0. The highest BCUT2D eigenvalue weighted by molar-refractivity contribution is 5.72. The Balaban J connectivity index is 4.35. The largest absolute Gasteiger partial charge is 0.477 e. The lowest BCUT2D eigenvalue weighted by atomic mass is 10.1. The molecule has 0 saturated carbocycles. The van der Waals surface area contributed by atoms with Crippen LogP contribution in [0.4, 0.5) is 0 Å². The summed E-state index contributed by atoms with van der Waals surface area (Å²) >= 11 is 0. The molecule has 8 heteroatoms. The number of carbonyl (C=O) groups excluding carboxylic acids is 2. The number of nitrogens with zero attached hydrogens (tertiary/aromatic N) is 1. The van der Waals surface area contributed by atoms with Crippen molar-refractivity contribution >= 4 is 17.9 Å². The molecule has 0 amide bonds. The van der Waals surface area contributed by atoms with E-state index in [9.17, 15) is 19.5 Å². The standard InChI is InChI=1S/C55H89NO7/c1-6-8-10-12-14-16-18-20-22-24-25-26-27-28-29-30-32-33-35-37-39-41-43-45-53(57)62-50-51(49-61-48-47-52(55(59)60)56(3,4)5)63-54(58)46-44-42-40-38-36-34-31-23-21-19-17-15-13-11-9-7-2/h8-11,14-17,20-23,25-26,28-29,34,36,51-52H,6-7,12-13,18-19,24,27,30-33,35,37-50H2,1-5H3/p+1/b10-8+,11-9+,16-14+,17-15+,22-20+,23-21+,26-25+,29-28+,36-34+. The van der Waals surface area contributed by atoms with Gasteiger partial charge in [-0.15, -0.1) is 0 Å². The zero-order valence-electron chi connectivity index (χ0n) is 40.5. The quantitative estimate of drug-likeness (QED) is 0.0282. The lowest BCUT2D eigenvalue weighted by molar-refractivity contribution is -0.887. The zero-order chi connectivity index (χ0) is 46.3. The number of rotatable bonds is 42. The maximum Gasteiger partial charge on any atom is 0.362 e. The van der Waals surface area contributed by atoms with Gasteiger partial charge in [0.25, 0.3) is 0 Å². The number of quaternary nitrogens is 1. The second-order valence-corrected chi connectivity index (χ2v) is 17.0. The fourth-order valence-corrected chi connectivity index (χ4v) is 6.46. The van der Waals surface area contributed by atoms with Crippen molar-refractivity contribution in [2.24, 2.45) is 0 Å². The Morgan fingerprint density at radius 2 is 0.841 bits per heavy atom. The number of hydrogen-bond acceptors (Lipinski definition) is 6. The normalized spacial score (nSPS) is 13.9. The molecule has 0 aromatic heterocycles. The van der Waals surface area contributed by atoms with Crippen LogP contribution in [0.1, 0.15) is 168 Å². The van der Waals surface area contributed by atoms with Crippen molar-refractivity contribution in [1.29, 1.82) is 0 Å². The van der Waals surface area contributed by atoms with Gasteiger partial charge in [-0.2, -0.15) is 0 Å². The number of aliphatic carboxylic acids is 1. The third-order valence-corrected chi connectivity index (χ3v) is 10.2. The van der Waals surface area contributed by atoms with E-state index < -0.39 is 18.1 Å². The van der Waals surface area contributed by atoms with E-state index in [-0.39, 0.29) is 42.7 Å². The lowest BCUT2D eigenvalue weighted by Gasteiger charge is -2.31. The Kier molecular flexibility index (Phi) is 41.8. The van der Waals surface area contributed by atoms with Crippen LogP contribution in [0.3, 0.4) is 0 Å². The van der Waals surface area contributed by atoms with Gasteiger partial charge in [0.1, 0.15) is 6.61 Å². The van der Waals surface area contributed by atoms with Crippen LogP contribution in [-0.2, 0) is 28.6 Å². The molecule has 2 atom stereocenters. The summed E-state index contributed by atoms with van der Waals surface area (Å²) < 4.78 is 17.3. The predicted molar refractivity (Wildman–Crippen MR) is 266 cm³/mol. The number of carbonyl (C=O) groups is 3. The van der Waals surface area contributed by atoms with E-state index >= 15 is 0 Å². The highest BCUT2D eigenvalue weighted by Gasteiger charge is 2.31. The summed E-state index contributed by atoms with van der Waals surface area (Å²) in [5.41, 5.74) is 0. The fourth-order valence-electron chi connectivity index (χ4n) is 6.46. The SMILES string of the molecule is CC/C=C/C/C=C/C/C=C/C/C=C/C/C=C/CCCCCCCCCC(=O)OCC(COCCC(C(=O)O)[N+](C)(C)C)OC(=O)CCCCC/C=C/C/C=C/C/C=C/C/C=C/CC. The Labute approximate surface area is 385 Å². The average Bonchev–Trinajstić information content (AvgIpc) is 3.24. The van der Waals surface area contributed by atoms with Crippen LogP contribution in [0, 0.1) is 0 Å². The van der Waals surface area contributed by atoms with Crippen LogP contribution < -0.4 is 0 Å². The number of likely N-dealkylation sites (N-methyl/N-ethyl adjacent to an activating group) is 1. The maximum absolute atomic E-state index is 12.8. The minimum Gasteiger partial charge on any atom is -0.477 e. The minimum atomic E-state index is -0.887. The molecule has 0 aliphatic rings. The van der Waals surface area contributed by atoms with Gasteiger partial charge in [-0.3, -0.25) is 9.59 Å². The van der Waals surface area contributed by atoms with Crippen LogP contribution >= 0.6 is 0 Å². The van der Waals surface area contributed by atoms with E-state index in [1.54, 1.807) is 0 Å². The monoisotopic (exact) mass is 877 g/mol. The molecular formula is C55H90NO7+. The zero-order valence-corrected chi connectivity index (χ0v) is 40.5. The molecule has 0 fully saturated rings. The van der Waals surface area contributed by atoms with Crippen LogP contribution in [0.15, 0.2) is 109 Å². The summed E-state index contributed by atoms with van der Waals surface area (Å²) in [6.07, 6.45) is 61.4. The van der Waals surface area contributed by atoms with Gasteiger partial charge in [-0.1, -0.05) is 162 Å². The molecule has 2 unspecified atom stereocenters. The number of esters is 2. The van der Waals surface area contributed by atoms with Gasteiger partial charge in [0.2, 0.25) is 0 Å². The summed E-state index contributed by atoms with van der Waals surface area (Å²) in [6.45, 7) is 4.45. The maximum atomic E-state index is 12.8. The summed E-state index contributed by atoms with van der Waals surface area (Å²) in [5.74, 6) is -1.54. The molecular weight excluding hydrogens is 787 g/mol. The Morgan fingerprint density at radius 1 is 0.476 bits per heavy atom. The highest BCUT2D eigenvalue weighted by Crippen LogP contribution is 2.13. The Bertz CT molecular complexity index is 1390. The van der Waals surface area contributed by atoms with Crippen molar-refractivity contribution < 1.29 is 38.2 Å². The molecule has 0 rings (SSSR count). The van der Waals surface area contributed by atoms with Crippen molar-refractivity contribution in [3.8, 4) is 0 Å². The first-order chi connectivity index (χ1) is 30.6. The van der Waals surface area contributed by atoms with Gasteiger partial charge in [0.15, 0.2) is 12.1 Å². The van der Waals surface area contributed by atoms with E-state index in [1.165, 1.54) is 19.3 Å². The lowest BCUT2D eigenvalue weighted by Crippen LogP contribution is -2.50. The first-order valence-corrected chi connectivity index (χ1v) is 24.4. The number of allylic oxidation sites excluding steroid dienone is 18. The smallest absolute Gasteiger partial charge is 0.362 e. The number of unbranched alkanes of at least 4 members (excludes halogenated alkanes) is 10. The van der Waals surface area contributed by atoms with E-state index in [0.717, 1.165) is 109 Å². The summed E-state index contributed by atoms with van der Waals surface area (Å²) in [7, 11) is 5.50. The Morgan fingerprint density at radius 3 is 1.25 bits per heavy atom. The van der Waals surface area contributed by atoms with Crippen LogP contribution in [0.2, 0.25) is 0 Å². The van der Waals surface area contributed by atoms with Gasteiger partial charge in [0.05, 0.1) is 34.4 Å². The second-order valence-electron chi connectivity index (χ2n) is 17.0. The molecule has 0 heterocycles. The van der Waals surface area contributed by atoms with E-state index in [1.807, 2.05) is 21.1 Å². The van der Waals surface area contributed by atoms with Crippen LogP contribution in [0.25, 0.3) is 0 Å². The van der Waals surface area contributed by atoms with E-state index in [0.29, 0.717) is 19.3 Å². The first kappa shape index (κ1) is 59.0. The molecule has 1 N–H and O–H groups in total. The third-order valence-electron chi connectivity index (χ3n) is 10.2. The first-order valence-electron chi connectivity index (χ1n) is 24.4. The van der Waals surface area contributed by atoms with Crippen LogP contribution in [0.5, 0.6) is 0 Å². The molecule has 0 bridgehead atoms. The topological polar surface area (TPSA) is 99.1 Å². The molecule has 0 aliphatic heterocycles. The summed E-state index contributed by atoms with van der Waals surface area (Å²) in [4.78, 5) is 37.1. The van der Waals surface area contributed by atoms with Crippen molar-refractivity contribution in [2.45, 2.75) is 180 Å². The summed E-state index contributed by atoms with van der Waals surface area (Å²) in [5, 5.41) is 9.64. The fraction of sp³-hybridized carbons (Fsp3) is 0.618. The van der Waals surface area contributed by atoms with Crippen LogP contribution in [-0.4, -0.2) is 80.6 Å².